The first-order chi connectivity index (χ1) is 12.5. The lowest BCUT2D eigenvalue weighted by Crippen LogP contribution is -2.39. The zero-order valence-electron chi connectivity index (χ0n) is 15.6. The molecule has 0 aliphatic rings. The number of anilines is 1. The molecule has 0 aliphatic heterocycles. The summed E-state index contributed by atoms with van der Waals surface area (Å²) >= 11 is 1.40. The summed E-state index contributed by atoms with van der Waals surface area (Å²) in [6, 6.07) is 7.61. The molecule has 0 fully saturated rings. The number of aromatic nitrogens is 2. The van der Waals surface area contributed by atoms with E-state index < -0.39 is 0 Å². The average Bonchev–Trinajstić information content (AvgIpc) is 3.09. The summed E-state index contributed by atoms with van der Waals surface area (Å²) in [6.45, 7) is 7.40. The second-order valence-electron chi connectivity index (χ2n) is 5.96. The van der Waals surface area contributed by atoms with E-state index in [0.29, 0.717) is 6.54 Å². The molecule has 0 bridgehead atoms. The van der Waals surface area contributed by atoms with Gasteiger partial charge < -0.3 is 14.8 Å². The predicted molar refractivity (Wildman–Crippen MR) is 105 cm³/mol. The molecule has 1 heterocycles. The maximum absolute atomic E-state index is 12.6. The van der Waals surface area contributed by atoms with Crippen molar-refractivity contribution in [1.29, 1.82) is 0 Å². The molecule has 26 heavy (non-hydrogen) atoms. The largest absolute Gasteiger partial charge is 0.333 e. The fraction of sp³-hybridized carbons (Fsp3) is 0.421. The van der Waals surface area contributed by atoms with Gasteiger partial charge in [0.25, 0.3) is 0 Å². The fourth-order valence-corrected chi connectivity index (χ4v) is 3.46. The first kappa shape index (κ1) is 20.0. The summed E-state index contributed by atoms with van der Waals surface area (Å²) in [5.74, 6) is 0.0397. The van der Waals surface area contributed by atoms with E-state index in [-0.39, 0.29) is 24.1 Å². The van der Waals surface area contributed by atoms with Gasteiger partial charge in [-0.25, -0.2) is 4.98 Å². The van der Waals surface area contributed by atoms with Crippen LogP contribution in [0, 0.1) is 6.92 Å². The van der Waals surface area contributed by atoms with Crippen molar-refractivity contribution in [3.8, 4) is 0 Å². The Morgan fingerprint density at radius 1 is 1.27 bits per heavy atom. The number of imidazole rings is 1. The van der Waals surface area contributed by atoms with E-state index in [1.54, 1.807) is 11.1 Å². The summed E-state index contributed by atoms with van der Waals surface area (Å²) in [5.41, 5.74) is 1.77. The first-order valence-electron chi connectivity index (χ1n) is 8.82. The third kappa shape index (κ3) is 5.62. The smallest absolute Gasteiger partial charge is 0.244 e. The standard InChI is InChI=1S/C19H26N4O2S/c1-4-11-23(13-17(24)21-16-9-7-6-8-15(16)3)18(25)14-26-19-20-10-12-22(19)5-2/h6-10,12H,4-5,11,13-14H2,1-3H3,(H,21,24). The molecule has 0 saturated heterocycles. The topological polar surface area (TPSA) is 67.2 Å². The maximum atomic E-state index is 12.6. The van der Waals surface area contributed by atoms with Crippen LogP contribution in [0.3, 0.4) is 0 Å². The Kier molecular flexibility index (Phi) is 7.72. The zero-order chi connectivity index (χ0) is 18.9. The lowest BCUT2D eigenvalue weighted by atomic mass is 10.2. The minimum atomic E-state index is -0.179. The molecule has 0 saturated carbocycles. The molecular formula is C19H26N4O2S. The van der Waals surface area contributed by atoms with Crippen LogP contribution in [0.25, 0.3) is 0 Å². The highest BCUT2D eigenvalue weighted by Crippen LogP contribution is 2.17. The number of para-hydroxylation sites is 1. The number of carbonyl (C=O) groups is 2. The monoisotopic (exact) mass is 374 g/mol. The van der Waals surface area contributed by atoms with Gasteiger partial charge in [0.2, 0.25) is 11.8 Å². The molecule has 2 rings (SSSR count). The molecule has 1 aromatic carbocycles. The fourth-order valence-electron chi connectivity index (χ4n) is 2.53. The summed E-state index contributed by atoms with van der Waals surface area (Å²) < 4.78 is 1.99. The number of nitrogens with one attached hydrogen (secondary N) is 1. The van der Waals surface area contributed by atoms with Crippen molar-refractivity contribution in [2.75, 3.05) is 24.2 Å². The van der Waals surface area contributed by atoms with Crippen LogP contribution in [-0.4, -0.2) is 45.1 Å². The van der Waals surface area contributed by atoms with Crippen molar-refractivity contribution in [1.82, 2.24) is 14.5 Å². The lowest BCUT2D eigenvalue weighted by molar-refractivity contribution is -0.132. The Bertz CT molecular complexity index is 745. The van der Waals surface area contributed by atoms with E-state index in [0.717, 1.165) is 29.4 Å². The molecule has 1 N–H and O–H groups in total. The van der Waals surface area contributed by atoms with Crippen molar-refractivity contribution >= 4 is 29.3 Å². The second kappa shape index (κ2) is 10.0. The normalized spacial score (nSPS) is 10.6. The van der Waals surface area contributed by atoms with E-state index in [4.69, 9.17) is 0 Å². The second-order valence-corrected chi connectivity index (χ2v) is 6.91. The van der Waals surface area contributed by atoms with Crippen LogP contribution in [0.5, 0.6) is 0 Å². The van der Waals surface area contributed by atoms with Crippen molar-refractivity contribution in [2.45, 2.75) is 38.9 Å². The van der Waals surface area contributed by atoms with E-state index in [9.17, 15) is 9.59 Å². The summed E-state index contributed by atoms with van der Waals surface area (Å²) in [6.07, 6.45) is 4.43. The third-order valence-electron chi connectivity index (χ3n) is 3.94. The van der Waals surface area contributed by atoms with Crippen LogP contribution in [0.1, 0.15) is 25.8 Å². The van der Waals surface area contributed by atoms with Crippen LogP contribution in [0.15, 0.2) is 41.8 Å². The van der Waals surface area contributed by atoms with Crippen molar-refractivity contribution < 1.29 is 9.59 Å². The van der Waals surface area contributed by atoms with Gasteiger partial charge >= 0.3 is 0 Å². The Morgan fingerprint density at radius 3 is 2.73 bits per heavy atom. The van der Waals surface area contributed by atoms with Crippen LogP contribution < -0.4 is 5.32 Å². The van der Waals surface area contributed by atoms with Crippen molar-refractivity contribution in [2.24, 2.45) is 0 Å². The van der Waals surface area contributed by atoms with Gasteiger partial charge in [0.15, 0.2) is 5.16 Å². The van der Waals surface area contributed by atoms with Crippen LogP contribution in [-0.2, 0) is 16.1 Å². The number of thioether (sulfide) groups is 1. The Morgan fingerprint density at radius 2 is 2.04 bits per heavy atom. The van der Waals surface area contributed by atoms with Crippen LogP contribution in [0.4, 0.5) is 5.69 Å². The maximum Gasteiger partial charge on any atom is 0.244 e. The lowest BCUT2D eigenvalue weighted by Gasteiger charge is -2.21. The molecular weight excluding hydrogens is 348 g/mol. The van der Waals surface area contributed by atoms with Gasteiger partial charge in [0.05, 0.1) is 12.3 Å². The van der Waals surface area contributed by atoms with Crippen molar-refractivity contribution in [3.63, 3.8) is 0 Å². The number of nitrogens with zero attached hydrogens (tertiary/aromatic N) is 3. The molecule has 0 spiro atoms. The number of hydrogen-bond donors (Lipinski definition) is 1. The molecule has 0 unspecified atom stereocenters. The van der Waals surface area contributed by atoms with E-state index >= 15 is 0 Å². The summed E-state index contributed by atoms with van der Waals surface area (Å²) in [4.78, 5) is 30.8. The van der Waals surface area contributed by atoms with E-state index in [2.05, 4.69) is 10.3 Å². The van der Waals surface area contributed by atoms with E-state index in [1.165, 1.54) is 11.8 Å². The molecule has 6 nitrogen and oxygen atoms in total. The van der Waals surface area contributed by atoms with Gasteiger partial charge in [-0.2, -0.15) is 0 Å². The summed E-state index contributed by atoms with van der Waals surface area (Å²) in [5, 5.41) is 3.71. The van der Waals surface area contributed by atoms with E-state index in [1.807, 2.05) is 55.8 Å². The number of amides is 2. The van der Waals surface area contributed by atoms with Crippen LogP contribution >= 0.6 is 11.8 Å². The van der Waals surface area contributed by atoms with Gasteiger partial charge in [-0.1, -0.05) is 36.9 Å². The minimum Gasteiger partial charge on any atom is -0.333 e. The van der Waals surface area contributed by atoms with Crippen molar-refractivity contribution in [3.05, 3.63) is 42.2 Å². The average molecular weight is 375 g/mol. The third-order valence-corrected chi connectivity index (χ3v) is 4.93. The molecule has 0 atom stereocenters. The Balaban J connectivity index is 1.93. The summed E-state index contributed by atoms with van der Waals surface area (Å²) in [7, 11) is 0. The Labute approximate surface area is 159 Å². The molecule has 2 aromatic rings. The molecule has 140 valence electrons. The predicted octanol–water partition coefficient (Wildman–Crippen LogP) is 3.18. The molecule has 2 amide bonds. The van der Waals surface area contributed by atoms with Gasteiger partial charge in [0, 0.05) is 31.2 Å². The molecule has 1 aromatic heterocycles. The van der Waals surface area contributed by atoms with Gasteiger partial charge in [-0.3, -0.25) is 9.59 Å². The quantitative estimate of drug-likeness (QED) is 0.685. The highest BCUT2D eigenvalue weighted by Gasteiger charge is 2.18. The first-order valence-corrected chi connectivity index (χ1v) is 9.80. The van der Waals surface area contributed by atoms with Gasteiger partial charge in [-0.05, 0) is 31.9 Å². The zero-order valence-corrected chi connectivity index (χ0v) is 16.4. The molecule has 0 aliphatic carbocycles. The number of hydrogen-bond acceptors (Lipinski definition) is 4. The Hall–Kier alpha value is -2.28. The van der Waals surface area contributed by atoms with Crippen LogP contribution in [0.2, 0.25) is 0 Å². The number of carbonyl (C=O) groups excluding carboxylic acids is 2. The van der Waals surface area contributed by atoms with Gasteiger partial charge in [-0.15, -0.1) is 0 Å². The van der Waals surface area contributed by atoms with Gasteiger partial charge in [0.1, 0.15) is 0 Å². The highest BCUT2D eigenvalue weighted by atomic mass is 32.2. The highest BCUT2D eigenvalue weighted by molar-refractivity contribution is 7.99. The molecule has 7 heteroatoms. The minimum absolute atomic E-state index is 0.0533. The number of rotatable bonds is 9. The molecule has 0 radical (unpaired) electrons. The number of benzene rings is 1. The SMILES string of the molecule is CCCN(CC(=O)Nc1ccccc1C)C(=O)CSc1nccn1CC. The number of aryl methyl sites for hydroxylation is 2.